The van der Waals surface area contributed by atoms with Gasteiger partial charge >= 0.3 is 0 Å². The molecule has 0 radical (unpaired) electrons. The number of hydrogen-bond acceptors (Lipinski definition) is 2. The molecular formula is C24H20ClFN2OS. The van der Waals surface area contributed by atoms with Gasteiger partial charge in [-0.2, -0.15) is 0 Å². The third kappa shape index (κ3) is 4.69. The Bertz CT molecular complexity index is 1170. The molecule has 0 aliphatic heterocycles. The highest BCUT2D eigenvalue weighted by Crippen LogP contribution is 2.32. The van der Waals surface area contributed by atoms with Crippen molar-refractivity contribution < 1.29 is 9.18 Å². The van der Waals surface area contributed by atoms with Crippen molar-refractivity contribution in [2.24, 2.45) is 0 Å². The monoisotopic (exact) mass is 438 g/mol. The SMILES string of the molecule is O=C(NCCn1cc(SCc2ccccc2F)c2ccccc21)c1ccc(Cl)cc1. The van der Waals surface area contributed by atoms with E-state index >= 15 is 0 Å². The maximum Gasteiger partial charge on any atom is 0.251 e. The molecule has 0 fully saturated rings. The summed E-state index contributed by atoms with van der Waals surface area (Å²) >= 11 is 7.49. The normalized spacial score (nSPS) is 11.0. The van der Waals surface area contributed by atoms with Crippen LogP contribution in [0.3, 0.4) is 0 Å². The first-order valence-electron chi connectivity index (χ1n) is 9.59. The fourth-order valence-corrected chi connectivity index (χ4v) is 4.48. The molecule has 0 unspecified atom stereocenters. The number of halogens is 2. The summed E-state index contributed by atoms with van der Waals surface area (Å²) in [6.07, 6.45) is 2.07. The molecule has 0 aliphatic carbocycles. The summed E-state index contributed by atoms with van der Waals surface area (Å²) in [5.74, 6) is 0.254. The molecule has 1 aromatic heterocycles. The summed E-state index contributed by atoms with van der Waals surface area (Å²) in [7, 11) is 0. The van der Waals surface area contributed by atoms with Gasteiger partial charge in [0.25, 0.3) is 5.91 Å². The average Bonchev–Trinajstić information content (AvgIpc) is 3.11. The number of aromatic nitrogens is 1. The maximum absolute atomic E-state index is 13.9. The highest BCUT2D eigenvalue weighted by Gasteiger charge is 2.11. The molecule has 0 saturated heterocycles. The molecule has 1 amide bonds. The quantitative estimate of drug-likeness (QED) is 0.351. The van der Waals surface area contributed by atoms with E-state index in [1.165, 1.54) is 6.07 Å². The zero-order valence-electron chi connectivity index (χ0n) is 16.1. The number of amides is 1. The number of rotatable bonds is 7. The van der Waals surface area contributed by atoms with Gasteiger partial charge in [0.05, 0.1) is 0 Å². The van der Waals surface area contributed by atoms with Gasteiger partial charge in [-0.25, -0.2) is 4.39 Å². The lowest BCUT2D eigenvalue weighted by Gasteiger charge is -2.08. The minimum Gasteiger partial charge on any atom is -0.350 e. The van der Waals surface area contributed by atoms with E-state index in [1.54, 1.807) is 42.1 Å². The lowest BCUT2D eigenvalue weighted by atomic mass is 10.2. The van der Waals surface area contributed by atoms with E-state index in [9.17, 15) is 9.18 Å². The number of hydrogen-bond donors (Lipinski definition) is 1. The molecule has 152 valence electrons. The second-order valence-electron chi connectivity index (χ2n) is 6.85. The fraction of sp³-hybridized carbons (Fsp3) is 0.125. The predicted molar refractivity (Wildman–Crippen MR) is 122 cm³/mol. The number of benzene rings is 3. The van der Waals surface area contributed by atoms with E-state index < -0.39 is 0 Å². The molecule has 1 heterocycles. The molecule has 1 N–H and O–H groups in total. The maximum atomic E-state index is 13.9. The van der Waals surface area contributed by atoms with Crippen molar-refractivity contribution in [2.45, 2.75) is 17.2 Å². The molecule has 0 aliphatic rings. The first kappa shape index (κ1) is 20.5. The first-order chi connectivity index (χ1) is 14.6. The lowest BCUT2D eigenvalue weighted by Crippen LogP contribution is -2.27. The van der Waals surface area contributed by atoms with Gasteiger partial charge in [0.15, 0.2) is 0 Å². The Labute approximate surface area is 183 Å². The zero-order chi connectivity index (χ0) is 20.9. The Morgan fingerprint density at radius 2 is 1.73 bits per heavy atom. The van der Waals surface area contributed by atoms with Crippen LogP contribution in [-0.4, -0.2) is 17.0 Å². The standard InChI is InChI=1S/C24H20ClFN2OS/c25-19-11-9-17(10-12-19)24(29)27-13-14-28-15-23(20-6-2-4-8-22(20)28)30-16-18-5-1-3-7-21(18)26/h1-12,15H,13-14,16H2,(H,27,29). The number of para-hydroxylation sites is 1. The van der Waals surface area contributed by atoms with E-state index in [4.69, 9.17) is 11.6 Å². The van der Waals surface area contributed by atoms with Crippen LogP contribution in [-0.2, 0) is 12.3 Å². The summed E-state index contributed by atoms with van der Waals surface area (Å²) in [5.41, 5.74) is 2.36. The second kappa shape index (κ2) is 9.37. The number of carbonyl (C=O) groups is 1. The molecule has 0 atom stereocenters. The average molecular weight is 439 g/mol. The van der Waals surface area contributed by atoms with E-state index in [2.05, 4.69) is 28.2 Å². The van der Waals surface area contributed by atoms with Crippen molar-refractivity contribution in [1.29, 1.82) is 0 Å². The van der Waals surface area contributed by atoms with Crippen LogP contribution in [0.15, 0.2) is 83.9 Å². The van der Waals surface area contributed by atoms with E-state index in [-0.39, 0.29) is 11.7 Å². The summed E-state index contributed by atoms with van der Waals surface area (Å²) in [4.78, 5) is 13.4. The fourth-order valence-electron chi connectivity index (χ4n) is 3.28. The van der Waals surface area contributed by atoms with E-state index in [1.807, 2.05) is 24.3 Å². The first-order valence-corrected chi connectivity index (χ1v) is 11.0. The van der Waals surface area contributed by atoms with Crippen molar-refractivity contribution in [3.8, 4) is 0 Å². The minimum absolute atomic E-state index is 0.128. The number of nitrogens with one attached hydrogen (secondary N) is 1. The lowest BCUT2D eigenvalue weighted by molar-refractivity contribution is 0.0952. The van der Waals surface area contributed by atoms with Gasteiger partial charge in [-0.05, 0) is 42.0 Å². The molecule has 4 rings (SSSR count). The van der Waals surface area contributed by atoms with E-state index in [0.717, 1.165) is 15.8 Å². The van der Waals surface area contributed by atoms with E-state index in [0.29, 0.717) is 35.0 Å². The van der Waals surface area contributed by atoms with Crippen LogP contribution in [0.25, 0.3) is 10.9 Å². The van der Waals surface area contributed by atoms with Crippen LogP contribution < -0.4 is 5.32 Å². The molecule has 30 heavy (non-hydrogen) atoms. The highest BCUT2D eigenvalue weighted by molar-refractivity contribution is 7.98. The zero-order valence-corrected chi connectivity index (χ0v) is 17.7. The van der Waals surface area contributed by atoms with Gasteiger partial charge in [0, 0.05) is 51.4 Å². The minimum atomic E-state index is -0.182. The van der Waals surface area contributed by atoms with Crippen molar-refractivity contribution in [3.05, 3.63) is 101 Å². The second-order valence-corrected chi connectivity index (χ2v) is 8.30. The Balaban J connectivity index is 1.44. The van der Waals surface area contributed by atoms with Gasteiger partial charge in [-0.1, -0.05) is 48.0 Å². The van der Waals surface area contributed by atoms with Gasteiger partial charge in [-0.3, -0.25) is 4.79 Å². The molecule has 3 nitrogen and oxygen atoms in total. The predicted octanol–water partition coefficient (Wildman–Crippen LogP) is 6.16. The number of nitrogens with zero attached hydrogens (tertiary/aromatic N) is 1. The Morgan fingerprint density at radius 3 is 2.53 bits per heavy atom. The molecule has 3 aromatic carbocycles. The Hall–Kier alpha value is -2.76. The summed E-state index contributed by atoms with van der Waals surface area (Å²) in [6, 6.07) is 21.8. The van der Waals surface area contributed by atoms with Crippen LogP contribution in [0, 0.1) is 5.82 Å². The summed E-state index contributed by atoms with van der Waals surface area (Å²) < 4.78 is 16.1. The van der Waals surface area contributed by atoms with Crippen molar-refractivity contribution >= 4 is 40.2 Å². The molecule has 0 saturated carbocycles. The molecule has 4 aromatic rings. The highest BCUT2D eigenvalue weighted by atomic mass is 35.5. The van der Waals surface area contributed by atoms with Gasteiger partial charge in [0.1, 0.15) is 5.82 Å². The molecule has 6 heteroatoms. The van der Waals surface area contributed by atoms with Gasteiger partial charge < -0.3 is 9.88 Å². The molecular weight excluding hydrogens is 419 g/mol. The molecule has 0 spiro atoms. The van der Waals surface area contributed by atoms with Crippen molar-refractivity contribution in [2.75, 3.05) is 6.54 Å². The van der Waals surface area contributed by atoms with Crippen LogP contribution in [0.4, 0.5) is 4.39 Å². The molecule has 0 bridgehead atoms. The topological polar surface area (TPSA) is 34.0 Å². The van der Waals surface area contributed by atoms with Crippen LogP contribution in [0.1, 0.15) is 15.9 Å². The van der Waals surface area contributed by atoms with Crippen molar-refractivity contribution in [1.82, 2.24) is 9.88 Å². The summed E-state index contributed by atoms with van der Waals surface area (Å²) in [5, 5.41) is 4.68. The number of fused-ring (bicyclic) bond motifs is 1. The van der Waals surface area contributed by atoms with Crippen LogP contribution in [0.2, 0.25) is 5.02 Å². The van der Waals surface area contributed by atoms with Crippen LogP contribution >= 0.6 is 23.4 Å². The van der Waals surface area contributed by atoms with Gasteiger partial charge in [0.2, 0.25) is 0 Å². The largest absolute Gasteiger partial charge is 0.350 e. The Morgan fingerprint density at radius 1 is 1.00 bits per heavy atom. The third-order valence-corrected chi connectivity index (χ3v) is 6.18. The van der Waals surface area contributed by atoms with Crippen molar-refractivity contribution in [3.63, 3.8) is 0 Å². The number of thioether (sulfide) groups is 1. The summed E-state index contributed by atoms with van der Waals surface area (Å²) in [6.45, 7) is 1.14. The van der Waals surface area contributed by atoms with Gasteiger partial charge in [-0.15, -0.1) is 11.8 Å². The number of carbonyl (C=O) groups excluding carboxylic acids is 1. The smallest absolute Gasteiger partial charge is 0.251 e. The Kier molecular flexibility index (Phi) is 6.41. The third-order valence-electron chi connectivity index (χ3n) is 4.84. The van der Waals surface area contributed by atoms with Crippen LogP contribution in [0.5, 0.6) is 0 Å².